The molecule has 10 aromatic carbocycles. The first kappa shape index (κ1) is 71.1. The van der Waals surface area contributed by atoms with E-state index in [4.69, 9.17) is 5.11 Å². The molecule has 5 heterocycles. The molecule has 4 radical (unpaired) electrons. The van der Waals surface area contributed by atoms with Crippen LogP contribution >= 0.6 is 0 Å². The van der Waals surface area contributed by atoms with Crippen molar-refractivity contribution in [3.63, 3.8) is 0 Å². The van der Waals surface area contributed by atoms with Crippen LogP contribution in [0.25, 0.3) is 110 Å². The Balaban J connectivity index is 0.000000176. The van der Waals surface area contributed by atoms with Crippen molar-refractivity contribution < 1.29 is 90.3 Å². The molecule has 0 aliphatic rings. The van der Waals surface area contributed by atoms with Gasteiger partial charge in [0, 0.05) is 117 Å². The number of hydrogen-bond donors (Lipinski definition) is 1. The van der Waals surface area contributed by atoms with Crippen molar-refractivity contribution in [1.29, 1.82) is 0 Å². The van der Waals surface area contributed by atoms with Crippen LogP contribution in [0.1, 0.15) is 13.8 Å². The van der Waals surface area contributed by atoms with Crippen LogP contribution in [0.4, 0.5) is 0 Å². The Bertz CT molecular complexity index is 4310. The average molecular weight is 1890 g/mol. The standard InChI is InChI=1S/C19H12N.3C15H10N.C11H8N.C5H8O2.4Ir/c1-2-6-15-11-17(10-9-14(15)5-1)19-12-16-7-3-4-8-18(16)13-20-19;3*1-2-6-12(7-3-1)15-10-13-8-4-5-9-14(13)11-16-15;1-2-6-10(7-3-1)11-8-4-5-9-12-11;1-4(6)3-5(2)7;;;;/h1-9,11-13H;3*1-6,8-11H;1-6,8-9H;3,6H,1-2H3;;;;/q5*-1;;;;;. The second-order valence-corrected chi connectivity index (χ2v) is 19.9. The van der Waals surface area contributed by atoms with Gasteiger partial charge in [0.1, 0.15) is 0 Å². The minimum atomic E-state index is -0.125. The smallest absolute Gasteiger partial charge is 0.155 e. The molecule has 15 rings (SSSR count). The minimum absolute atomic E-state index is 0. The van der Waals surface area contributed by atoms with Crippen LogP contribution in [0.2, 0.25) is 0 Å². The SMILES string of the molecule is CC(=O)C=C(C)O.[Ir].[Ir].[Ir].[Ir].[c-]1cc2ccccc2cc1-c1cc2ccccc2cn1.[c-]1ccccc1-c1cc2ccccc2cn1.[c-]1ccccc1-c1cc2ccccc2cn1.[c-]1ccccc1-c1cc2ccccc2cn1.[c-]1ccccc1-c1ccccn1. The van der Waals surface area contributed by atoms with Crippen LogP contribution in [0.15, 0.2) is 316 Å². The molecule has 1 N–H and O–H groups in total. The van der Waals surface area contributed by atoms with E-state index in [0.717, 1.165) is 61.7 Å². The van der Waals surface area contributed by atoms with Crippen molar-refractivity contribution in [2.45, 2.75) is 13.8 Å². The van der Waals surface area contributed by atoms with Gasteiger partial charge in [0.2, 0.25) is 0 Å². The maximum absolute atomic E-state index is 10.0. The van der Waals surface area contributed by atoms with E-state index in [1.807, 2.05) is 195 Å². The molecule has 15 aromatic rings. The summed E-state index contributed by atoms with van der Waals surface area (Å²) in [6, 6.07) is 107. The third-order valence-electron chi connectivity index (χ3n) is 13.5. The van der Waals surface area contributed by atoms with Crippen molar-refractivity contribution in [1.82, 2.24) is 24.9 Å². The molecule has 0 aliphatic heterocycles. The largest absolute Gasteiger partial charge is 0.512 e. The molecule has 5 aromatic heterocycles. The Hall–Kier alpha value is -8.94. The number of ketones is 1. The molecule has 7 nitrogen and oxygen atoms in total. The second kappa shape index (κ2) is 37.3. The summed E-state index contributed by atoms with van der Waals surface area (Å²) in [4.78, 5) is 32.1. The van der Waals surface area contributed by atoms with Gasteiger partial charge in [0.25, 0.3) is 0 Å². The molecular weight excluding hydrogens is 1830 g/mol. The number of rotatable bonds is 6. The predicted molar refractivity (Wildman–Crippen MR) is 357 cm³/mol. The minimum Gasteiger partial charge on any atom is -0.512 e. The number of carbonyl (C=O) groups excluding carboxylic acids is 1. The van der Waals surface area contributed by atoms with Crippen molar-refractivity contribution in [2.24, 2.45) is 0 Å². The van der Waals surface area contributed by atoms with E-state index in [9.17, 15) is 4.79 Å². The van der Waals surface area contributed by atoms with Gasteiger partial charge in [-0.3, -0.25) is 4.79 Å². The number of aliphatic hydroxyl groups excluding tert-OH is 1. The number of carbonyl (C=O) groups is 1. The Morgan fingerprint density at radius 3 is 0.879 bits per heavy atom. The Morgan fingerprint density at radius 2 is 0.593 bits per heavy atom. The number of fused-ring (bicyclic) bond motifs is 5. The summed E-state index contributed by atoms with van der Waals surface area (Å²) in [5.74, 6) is -0.0625. The summed E-state index contributed by atoms with van der Waals surface area (Å²) in [5.41, 5.74) is 10.0. The number of nitrogens with zero attached hydrogens (tertiary/aromatic N) is 5. The van der Waals surface area contributed by atoms with Crippen LogP contribution in [-0.2, 0) is 85.2 Å². The summed E-state index contributed by atoms with van der Waals surface area (Å²) in [6.07, 6.45) is 10.6. The number of pyridine rings is 5. The van der Waals surface area contributed by atoms with Gasteiger partial charge < -0.3 is 30.0 Å². The van der Waals surface area contributed by atoms with Gasteiger partial charge >= 0.3 is 0 Å². The maximum atomic E-state index is 10.0. The van der Waals surface area contributed by atoms with Crippen molar-refractivity contribution >= 4 is 59.6 Å². The summed E-state index contributed by atoms with van der Waals surface area (Å²) in [7, 11) is 0. The van der Waals surface area contributed by atoms with E-state index >= 15 is 0 Å². The molecule has 0 fully saturated rings. The summed E-state index contributed by atoms with van der Waals surface area (Å²) >= 11 is 0. The third-order valence-corrected chi connectivity index (χ3v) is 13.5. The fourth-order valence-corrected chi connectivity index (χ4v) is 9.22. The van der Waals surface area contributed by atoms with E-state index in [1.54, 1.807) is 6.20 Å². The van der Waals surface area contributed by atoms with Gasteiger partial charge in [0.15, 0.2) is 5.78 Å². The third kappa shape index (κ3) is 21.1. The molecule has 0 spiro atoms. The first-order valence-corrected chi connectivity index (χ1v) is 28.3. The zero-order valence-corrected chi connectivity index (χ0v) is 59.0. The monoisotopic (exact) mass is 1890 g/mol. The zero-order valence-electron chi connectivity index (χ0n) is 49.4. The summed E-state index contributed by atoms with van der Waals surface area (Å²) in [5, 5.41) is 20.3. The maximum Gasteiger partial charge on any atom is 0.155 e. The normalized spacial score (nSPS) is 10.1. The van der Waals surface area contributed by atoms with Crippen LogP contribution in [0, 0.1) is 30.3 Å². The van der Waals surface area contributed by atoms with Crippen LogP contribution in [0.3, 0.4) is 0 Å². The molecule has 11 heteroatoms. The molecule has 0 saturated heterocycles. The number of aromatic nitrogens is 5. The average Bonchev–Trinajstić information content (AvgIpc) is 1.23. The Kier molecular flexibility index (Phi) is 29.1. The predicted octanol–water partition coefficient (Wildman–Crippen LogP) is 19.5. The van der Waals surface area contributed by atoms with E-state index in [-0.39, 0.29) is 92.0 Å². The van der Waals surface area contributed by atoms with E-state index < -0.39 is 0 Å². The quantitative estimate of drug-likeness (QED) is 0.101. The van der Waals surface area contributed by atoms with Crippen LogP contribution < -0.4 is 0 Å². The molecule has 0 bridgehead atoms. The molecule has 91 heavy (non-hydrogen) atoms. The molecule has 0 amide bonds. The molecule has 0 unspecified atom stereocenters. The first-order chi connectivity index (χ1) is 42.8. The number of benzene rings is 10. The summed E-state index contributed by atoms with van der Waals surface area (Å²) in [6.45, 7) is 2.85. The number of hydrogen-bond acceptors (Lipinski definition) is 7. The van der Waals surface area contributed by atoms with Gasteiger partial charge in [-0.1, -0.05) is 163 Å². The van der Waals surface area contributed by atoms with Crippen molar-refractivity contribution in [2.75, 3.05) is 0 Å². The van der Waals surface area contributed by atoms with E-state index in [1.165, 1.54) is 68.4 Å². The van der Waals surface area contributed by atoms with Gasteiger partial charge in [-0.15, -0.1) is 173 Å². The second-order valence-electron chi connectivity index (χ2n) is 19.9. The Morgan fingerprint density at radius 1 is 0.308 bits per heavy atom. The van der Waals surface area contributed by atoms with Crippen LogP contribution in [-0.4, -0.2) is 35.8 Å². The molecule has 0 atom stereocenters. The van der Waals surface area contributed by atoms with E-state index in [0.29, 0.717) is 0 Å². The fourth-order valence-electron chi connectivity index (χ4n) is 9.22. The van der Waals surface area contributed by atoms with Gasteiger partial charge in [-0.25, -0.2) is 0 Å². The van der Waals surface area contributed by atoms with E-state index in [2.05, 4.69) is 158 Å². The molecule has 0 aliphatic carbocycles. The number of aliphatic hydroxyl groups is 1. The molecule has 456 valence electrons. The van der Waals surface area contributed by atoms with Crippen molar-refractivity contribution in [3.8, 4) is 56.3 Å². The van der Waals surface area contributed by atoms with Gasteiger partial charge in [-0.2, -0.15) is 0 Å². The van der Waals surface area contributed by atoms with Gasteiger partial charge in [-0.05, 0) is 91.5 Å². The van der Waals surface area contributed by atoms with Crippen molar-refractivity contribution in [3.05, 3.63) is 346 Å². The topological polar surface area (TPSA) is 102 Å². The summed E-state index contributed by atoms with van der Waals surface area (Å²) < 4.78 is 0. The van der Waals surface area contributed by atoms with Crippen LogP contribution in [0.5, 0.6) is 0 Å². The number of allylic oxidation sites excluding steroid dienone is 2. The van der Waals surface area contributed by atoms with Gasteiger partial charge in [0.05, 0.1) is 5.76 Å². The Labute approximate surface area is 585 Å². The molecule has 0 saturated carbocycles. The first-order valence-electron chi connectivity index (χ1n) is 28.3. The zero-order chi connectivity index (χ0) is 59.8. The fraction of sp³-hybridized carbons (Fsp3) is 0.0250. The molecular formula is C80H58Ir4N5O2-5.